The number of aliphatic carboxylic acids is 1. The van der Waals surface area contributed by atoms with Crippen LogP contribution in [0.4, 0.5) is 0 Å². The van der Waals surface area contributed by atoms with E-state index in [1.165, 1.54) is 0 Å². The number of hydrogen-bond donors (Lipinski definition) is 3. The first-order valence-corrected chi connectivity index (χ1v) is 5.79. The number of rotatable bonds is 7. The van der Waals surface area contributed by atoms with Gasteiger partial charge in [-0.15, -0.1) is 0 Å². The molecule has 0 radical (unpaired) electrons. The molecule has 1 aromatic carbocycles. The topological polar surface area (TPSA) is 78.8 Å². The molecule has 100 valence electrons. The summed E-state index contributed by atoms with van der Waals surface area (Å²) in [5, 5.41) is 21.3. The number of aliphatic hydroxyl groups excluding tert-OH is 1. The predicted molar refractivity (Wildman–Crippen MR) is 67.8 cm³/mol. The van der Waals surface area contributed by atoms with Gasteiger partial charge in [-0.1, -0.05) is 6.07 Å². The van der Waals surface area contributed by atoms with E-state index in [2.05, 4.69) is 5.32 Å². The first kappa shape index (κ1) is 14.5. The molecule has 0 bridgehead atoms. The monoisotopic (exact) mass is 253 g/mol. The average Bonchev–Trinajstić information content (AvgIpc) is 2.34. The summed E-state index contributed by atoms with van der Waals surface area (Å²) in [6.07, 6.45) is -0.600. The highest BCUT2D eigenvalue weighted by Gasteiger charge is 2.09. The summed E-state index contributed by atoms with van der Waals surface area (Å²) in [7, 11) is 1.60. The molecule has 0 fully saturated rings. The number of methoxy groups -OCH3 is 1. The number of carboxylic acid groups (broad SMARTS) is 1. The van der Waals surface area contributed by atoms with Gasteiger partial charge in [0, 0.05) is 13.1 Å². The van der Waals surface area contributed by atoms with Crippen molar-refractivity contribution in [3.05, 3.63) is 29.3 Å². The number of aryl methyl sites for hydroxylation is 1. The molecular weight excluding hydrogens is 234 g/mol. The smallest absolute Gasteiger partial charge is 0.304 e. The molecule has 1 unspecified atom stereocenters. The highest BCUT2D eigenvalue weighted by atomic mass is 16.5. The van der Waals surface area contributed by atoms with E-state index in [9.17, 15) is 9.90 Å². The van der Waals surface area contributed by atoms with Gasteiger partial charge >= 0.3 is 5.97 Å². The maximum absolute atomic E-state index is 10.3. The van der Waals surface area contributed by atoms with E-state index in [1.807, 2.05) is 19.1 Å². The summed E-state index contributed by atoms with van der Waals surface area (Å²) < 4.78 is 5.14. The van der Waals surface area contributed by atoms with Gasteiger partial charge in [-0.3, -0.25) is 4.79 Å². The lowest BCUT2D eigenvalue weighted by atomic mass is 10.1. The molecule has 1 atom stereocenters. The second kappa shape index (κ2) is 6.98. The molecule has 0 aromatic heterocycles. The Morgan fingerprint density at radius 3 is 2.78 bits per heavy atom. The van der Waals surface area contributed by atoms with Crippen molar-refractivity contribution in [1.29, 1.82) is 0 Å². The van der Waals surface area contributed by atoms with Gasteiger partial charge in [0.05, 0.1) is 19.6 Å². The normalized spacial score (nSPS) is 12.2. The standard InChI is InChI=1S/C13H19NO4/c1-9-7-10(3-4-12(9)18-2)11(15)8-14-6-5-13(16)17/h3-4,7,11,14-15H,5-6,8H2,1-2H3,(H,16,17). The van der Waals surface area contributed by atoms with Gasteiger partial charge in [0.2, 0.25) is 0 Å². The van der Waals surface area contributed by atoms with Crippen molar-refractivity contribution in [1.82, 2.24) is 5.32 Å². The minimum Gasteiger partial charge on any atom is -0.496 e. The second-order valence-corrected chi connectivity index (χ2v) is 4.09. The van der Waals surface area contributed by atoms with Crippen LogP contribution >= 0.6 is 0 Å². The van der Waals surface area contributed by atoms with E-state index in [0.29, 0.717) is 13.1 Å². The van der Waals surface area contributed by atoms with Crippen molar-refractivity contribution in [3.8, 4) is 5.75 Å². The van der Waals surface area contributed by atoms with E-state index < -0.39 is 12.1 Å². The fraction of sp³-hybridized carbons (Fsp3) is 0.462. The zero-order valence-corrected chi connectivity index (χ0v) is 10.6. The lowest BCUT2D eigenvalue weighted by molar-refractivity contribution is -0.136. The minimum atomic E-state index is -0.850. The van der Waals surface area contributed by atoms with Crippen molar-refractivity contribution in [2.45, 2.75) is 19.4 Å². The van der Waals surface area contributed by atoms with Crippen LogP contribution in [0.1, 0.15) is 23.7 Å². The zero-order valence-electron chi connectivity index (χ0n) is 10.6. The van der Waals surface area contributed by atoms with Gasteiger partial charge in [-0.05, 0) is 30.2 Å². The van der Waals surface area contributed by atoms with Crippen LogP contribution in [0.3, 0.4) is 0 Å². The highest BCUT2D eigenvalue weighted by Crippen LogP contribution is 2.22. The van der Waals surface area contributed by atoms with Gasteiger partial charge in [-0.2, -0.15) is 0 Å². The van der Waals surface area contributed by atoms with Gasteiger partial charge in [0.15, 0.2) is 0 Å². The van der Waals surface area contributed by atoms with Crippen molar-refractivity contribution in [3.63, 3.8) is 0 Å². The van der Waals surface area contributed by atoms with Crippen LogP contribution in [0.15, 0.2) is 18.2 Å². The predicted octanol–water partition coefficient (Wildman–Crippen LogP) is 1.10. The molecule has 0 amide bonds. The lowest BCUT2D eigenvalue weighted by Crippen LogP contribution is -2.24. The van der Waals surface area contributed by atoms with Crippen LogP contribution in [0.2, 0.25) is 0 Å². The maximum Gasteiger partial charge on any atom is 0.304 e. The Balaban J connectivity index is 2.48. The molecule has 0 saturated heterocycles. The molecule has 1 aromatic rings. The van der Waals surface area contributed by atoms with Gasteiger partial charge < -0.3 is 20.3 Å². The summed E-state index contributed by atoms with van der Waals surface area (Å²) in [6.45, 7) is 2.59. The molecule has 0 aliphatic carbocycles. The van der Waals surface area contributed by atoms with Crippen LogP contribution in [0.5, 0.6) is 5.75 Å². The van der Waals surface area contributed by atoms with Crippen molar-refractivity contribution in [2.75, 3.05) is 20.2 Å². The lowest BCUT2D eigenvalue weighted by Gasteiger charge is -2.13. The van der Waals surface area contributed by atoms with Crippen LogP contribution in [-0.4, -0.2) is 36.4 Å². The van der Waals surface area contributed by atoms with Crippen molar-refractivity contribution < 1.29 is 19.7 Å². The fourth-order valence-corrected chi connectivity index (χ4v) is 1.66. The molecular formula is C13H19NO4. The Hall–Kier alpha value is -1.59. The van der Waals surface area contributed by atoms with Gasteiger partial charge in [0.1, 0.15) is 5.75 Å². The Labute approximate surface area is 106 Å². The molecule has 0 aliphatic heterocycles. The minimum absolute atomic E-state index is 0.0500. The summed E-state index contributed by atoms with van der Waals surface area (Å²) in [4.78, 5) is 10.3. The average molecular weight is 253 g/mol. The number of ether oxygens (including phenoxy) is 1. The third kappa shape index (κ3) is 4.35. The molecule has 5 nitrogen and oxygen atoms in total. The third-order valence-corrected chi connectivity index (χ3v) is 2.66. The number of carbonyl (C=O) groups is 1. The first-order chi connectivity index (χ1) is 8.54. The first-order valence-electron chi connectivity index (χ1n) is 5.79. The van der Waals surface area contributed by atoms with Crippen LogP contribution in [0.25, 0.3) is 0 Å². The molecule has 3 N–H and O–H groups in total. The van der Waals surface area contributed by atoms with Gasteiger partial charge in [-0.25, -0.2) is 0 Å². The summed E-state index contributed by atoms with van der Waals surface area (Å²) in [5.74, 6) is -0.0675. The Kier molecular flexibility index (Phi) is 5.61. The fourth-order valence-electron chi connectivity index (χ4n) is 1.66. The van der Waals surface area contributed by atoms with E-state index in [4.69, 9.17) is 9.84 Å². The molecule has 5 heteroatoms. The molecule has 18 heavy (non-hydrogen) atoms. The largest absolute Gasteiger partial charge is 0.496 e. The number of benzene rings is 1. The maximum atomic E-state index is 10.3. The zero-order chi connectivity index (χ0) is 13.5. The van der Waals surface area contributed by atoms with Crippen LogP contribution < -0.4 is 10.1 Å². The number of carboxylic acids is 1. The highest BCUT2D eigenvalue weighted by molar-refractivity contribution is 5.66. The molecule has 0 saturated carbocycles. The van der Waals surface area contributed by atoms with Crippen LogP contribution in [0, 0.1) is 6.92 Å². The van der Waals surface area contributed by atoms with Crippen molar-refractivity contribution >= 4 is 5.97 Å². The van der Waals surface area contributed by atoms with E-state index >= 15 is 0 Å². The number of aliphatic hydroxyl groups is 1. The van der Waals surface area contributed by atoms with Crippen molar-refractivity contribution in [2.24, 2.45) is 0 Å². The third-order valence-electron chi connectivity index (χ3n) is 2.66. The molecule has 0 heterocycles. The Bertz CT molecular complexity index is 406. The summed E-state index contributed by atoms with van der Waals surface area (Å²) >= 11 is 0. The molecule has 1 rings (SSSR count). The quantitative estimate of drug-likeness (QED) is 0.634. The van der Waals surface area contributed by atoms with E-state index in [0.717, 1.165) is 16.9 Å². The van der Waals surface area contributed by atoms with Crippen LogP contribution in [-0.2, 0) is 4.79 Å². The Morgan fingerprint density at radius 2 is 2.22 bits per heavy atom. The number of hydrogen-bond acceptors (Lipinski definition) is 4. The summed E-state index contributed by atoms with van der Waals surface area (Å²) in [5.41, 5.74) is 1.75. The summed E-state index contributed by atoms with van der Waals surface area (Å²) in [6, 6.07) is 5.48. The second-order valence-electron chi connectivity index (χ2n) is 4.09. The number of nitrogens with one attached hydrogen (secondary N) is 1. The van der Waals surface area contributed by atoms with Gasteiger partial charge in [0.25, 0.3) is 0 Å². The van der Waals surface area contributed by atoms with E-state index in [-0.39, 0.29) is 6.42 Å². The molecule has 0 spiro atoms. The SMILES string of the molecule is COc1ccc(C(O)CNCCC(=O)O)cc1C. The molecule has 0 aliphatic rings. The van der Waals surface area contributed by atoms with E-state index in [1.54, 1.807) is 13.2 Å². The Morgan fingerprint density at radius 1 is 1.50 bits per heavy atom.